The van der Waals surface area contributed by atoms with Gasteiger partial charge < -0.3 is 0 Å². The molecule has 0 saturated heterocycles. The molecule has 0 amide bonds. The number of hydrogen-bond donors (Lipinski definition) is 0. The Kier molecular flexibility index (Phi) is 3.38. The van der Waals surface area contributed by atoms with Crippen LogP contribution in [0.3, 0.4) is 0 Å². The molecule has 76 valence electrons. The van der Waals surface area contributed by atoms with E-state index in [4.69, 9.17) is 11.6 Å². The maximum atomic E-state index is 5.96. The van der Waals surface area contributed by atoms with Crippen LogP contribution in [0.5, 0.6) is 0 Å². The van der Waals surface area contributed by atoms with E-state index in [0.29, 0.717) is 10.8 Å². The lowest BCUT2D eigenvalue weighted by molar-refractivity contribution is 1.20. The van der Waals surface area contributed by atoms with Gasteiger partial charge in [-0.05, 0) is 18.2 Å². The molecule has 0 fully saturated rings. The third-order valence-electron chi connectivity index (χ3n) is 1.79. The van der Waals surface area contributed by atoms with Gasteiger partial charge in [-0.1, -0.05) is 43.5 Å². The van der Waals surface area contributed by atoms with Crippen LogP contribution >= 0.6 is 43.5 Å². The standard InChI is InChI=1S/C10H5Br2ClN2/c11-7-3-6(4-8(12)5-7)9-10(13)15-2-1-14-9/h1-5H. The second-order valence-electron chi connectivity index (χ2n) is 2.85. The molecule has 0 bridgehead atoms. The summed E-state index contributed by atoms with van der Waals surface area (Å²) in [6.07, 6.45) is 3.19. The van der Waals surface area contributed by atoms with E-state index in [1.807, 2.05) is 18.2 Å². The molecule has 1 heterocycles. The fourth-order valence-corrected chi connectivity index (χ4v) is 2.71. The molecule has 0 saturated carbocycles. The van der Waals surface area contributed by atoms with Gasteiger partial charge in [-0.3, -0.25) is 4.98 Å². The topological polar surface area (TPSA) is 25.8 Å². The Morgan fingerprint density at radius 2 is 1.53 bits per heavy atom. The van der Waals surface area contributed by atoms with E-state index in [-0.39, 0.29) is 0 Å². The monoisotopic (exact) mass is 346 g/mol. The van der Waals surface area contributed by atoms with E-state index in [1.54, 1.807) is 12.4 Å². The van der Waals surface area contributed by atoms with Crippen molar-refractivity contribution in [2.45, 2.75) is 0 Å². The normalized spacial score (nSPS) is 10.3. The minimum atomic E-state index is 0.405. The number of nitrogens with zero attached hydrogens (tertiary/aromatic N) is 2. The molecule has 5 heteroatoms. The Labute approximate surface area is 109 Å². The van der Waals surface area contributed by atoms with Gasteiger partial charge in [-0.2, -0.15) is 0 Å². The average Bonchev–Trinajstić information content (AvgIpc) is 2.16. The van der Waals surface area contributed by atoms with Crippen LogP contribution < -0.4 is 0 Å². The minimum absolute atomic E-state index is 0.405. The maximum absolute atomic E-state index is 5.96. The molecule has 1 aromatic heterocycles. The summed E-state index contributed by atoms with van der Waals surface area (Å²) in [4.78, 5) is 8.18. The molecule has 1 aromatic carbocycles. The van der Waals surface area contributed by atoms with Gasteiger partial charge in [0.15, 0.2) is 5.15 Å². The van der Waals surface area contributed by atoms with E-state index in [0.717, 1.165) is 14.5 Å². The van der Waals surface area contributed by atoms with Crippen molar-refractivity contribution in [3.05, 3.63) is 44.7 Å². The summed E-state index contributed by atoms with van der Waals surface area (Å²) in [5.74, 6) is 0. The van der Waals surface area contributed by atoms with E-state index >= 15 is 0 Å². The van der Waals surface area contributed by atoms with Crippen LogP contribution in [-0.4, -0.2) is 9.97 Å². The number of rotatable bonds is 1. The number of benzene rings is 1. The van der Waals surface area contributed by atoms with Gasteiger partial charge in [0.25, 0.3) is 0 Å². The molecular weight excluding hydrogens is 343 g/mol. The molecule has 2 nitrogen and oxygen atoms in total. The van der Waals surface area contributed by atoms with Crippen LogP contribution in [-0.2, 0) is 0 Å². The Bertz CT molecular complexity index is 482. The zero-order valence-corrected chi connectivity index (χ0v) is 11.3. The zero-order valence-electron chi connectivity index (χ0n) is 7.42. The first kappa shape index (κ1) is 11.0. The molecule has 0 spiro atoms. The molecule has 0 aliphatic rings. The number of hydrogen-bond acceptors (Lipinski definition) is 2. The highest BCUT2D eigenvalue weighted by Crippen LogP contribution is 2.29. The molecule has 0 unspecified atom stereocenters. The third kappa shape index (κ3) is 2.56. The van der Waals surface area contributed by atoms with Crippen molar-refractivity contribution in [2.75, 3.05) is 0 Å². The SMILES string of the molecule is Clc1nccnc1-c1cc(Br)cc(Br)c1. The second-order valence-corrected chi connectivity index (χ2v) is 5.04. The lowest BCUT2D eigenvalue weighted by Gasteiger charge is -2.03. The van der Waals surface area contributed by atoms with Gasteiger partial charge in [-0.15, -0.1) is 0 Å². The average molecular weight is 348 g/mol. The molecule has 15 heavy (non-hydrogen) atoms. The van der Waals surface area contributed by atoms with Crippen molar-refractivity contribution in [3.8, 4) is 11.3 Å². The lowest BCUT2D eigenvalue weighted by Crippen LogP contribution is -1.87. The van der Waals surface area contributed by atoms with Gasteiger partial charge in [-0.25, -0.2) is 4.98 Å². The highest BCUT2D eigenvalue weighted by Gasteiger charge is 2.06. The van der Waals surface area contributed by atoms with Crippen LogP contribution in [0.4, 0.5) is 0 Å². The van der Waals surface area contributed by atoms with Gasteiger partial charge in [0, 0.05) is 26.9 Å². The first-order valence-corrected chi connectivity index (χ1v) is 6.06. The highest BCUT2D eigenvalue weighted by molar-refractivity contribution is 9.11. The van der Waals surface area contributed by atoms with E-state index < -0.39 is 0 Å². The van der Waals surface area contributed by atoms with Gasteiger partial charge >= 0.3 is 0 Å². The van der Waals surface area contributed by atoms with Crippen LogP contribution in [0, 0.1) is 0 Å². The molecule has 0 N–H and O–H groups in total. The summed E-state index contributed by atoms with van der Waals surface area (Å²) < 4.78 is 1.93. The Balaban J connectivity index is 2.59. The molecule has 0 aliphatic heterocycles. The van der Waals surface area contributed by atoms with Gasteiger partial charge in [0.1, 0.15) is 5.69 Å². The van der Waals surface area contributed by atoms with E-state index in [2.05, 4.69) is 41.8 Å². The predicted molar refractivity (Wildman–Crippen MR) is 67.9 cm³/mol. The van der Waals surface area contributed by atoms with E-state index in [9.17, 15) is 0 Å². The first-order valence-electron chi connectivity index (χ1n) is 4.10. The highest BCUT2D eigenvalue weighted by atomic mass is 79.9. The fourth-order valence-electron chi connectivity index (χ4n) is 1.21. The molecule has 2 rings (SSSR count). The molecule has 0 radical (unpaired) electrons. The van der Waals surface area contributed by atoms with Crippen LogP contribution in [0.25, 0.3) is 11.3 Å². The van der Waals surface area contributed by atoms with Crippen molar-refractivity contribution in [2.24, 2.45) is 0 Å². The molecule has 0 atom stereocenters. The molecule has 0 aliphatic carbocycles. The van der Waals surface area contributed by atoms with Crippen molar-refractivity contribution in [3.63, 3.8) is 0 Å². The molecular formula is C10H5Br2ClN2. The fraction of sp³-hybridized carbons (Fsp3) is 0. The zero-order chi connectivity index (χ0) is 10.8. The minimum Gasteiger partial charge on any atom is -0.251 e. The van der Waals surface area contributed by atoms with E-state index in [1.165, 1.54) is 0 Å². The Hall–Kier alpha value is -0.450. The van der Waals surface area contributed by atoms with Crippen molar-refractivity contribution < 1.29 is 0 Å². The van der Waals surface area contributed by atoms with Crippen molar-refractivity contribution in [1.82, 2.24) is 9.97 Å². The van der Waals surface area contributed by atoms with Crippen LogP contribution in [0.2, 0.25) is 5.15 Å². The van der Waals surface area contributed by atoms with Crippen molar-refractivity contribution in [1.29, 1.82) is 0 Å². The second kappa shape index (κ2) is 4.60. The smallest absolute Gasteiger partial charge is 0.155 e. The summed E-state index contributed by atoms with van der Waals surface area (Å²) >= 11 is 12.8. The van der Waals surface area contributed by atoms with Crippen LogP contribution in [0.15, 0.2) is 39.5 Å². The van der Waals surface area contributed by atoms with Gasteiger partial charge in [0.05, 0.1) is 0 Å². The predicted octanol–water partition coefficient (Wildman–Crippen LogP) is 4.32. The third-order valence-corrected chi connectivity index (χ3v) is 2.98. The Morgan fingerprint density at radius 1 is 0.933 bits per heavy atom. The maximum Gasteiger partial charge on any atom is 0.155 e. The van der Waals surface area contributed by atoms with Crippen molar-refractivity contribution >= 4 is 43.5 Å². The van der Waals surface area contributed by atoms with Crippen LogP contribution in [0.1, 0.15) is 0 Å². The summed E-state index contributed by atoms with van der Waals surface area (Å²) in [6, 6.07) is 5.84. The summed E-state index contributed by atoms with van der Waals surface area (Å²) in [5, 5.41) is 0.405. The quantitative estimate of drug-likeness (QED) is 0.767. The molecule has 2 aromatic rings. The number of halogens is 3. The Morgan fingerprint density at radius 3 is 2.13 bits per heavy atom. The summed E-state index contributed by atoms with van der Waals surface area (Å²) in [6.45, 7) is 0. The first-order chi connectivity index (χ1) is 7.16. The number of aromatic nitrogens is 2. The summed E-state index contributed by atoms with van der Waals surface area (Å²) in [7, 11) is 0. The lowest BCUT2D eigenvalue weighted by atomic mass is 10.2. The largest absolute Gasteiger partial charge is 0.251 e. The summed E-state index contributed by atoms with van der Waals surface area (Å²) in [5.41, 5.74) is 1.61. The van der Waals surface area contributed by atoms with Gasteiger partial charge in [0.2, 0.25) is 0 Å².